The molecule has 7 nitrogen and oxygen atoms in total. The molecule has 0 aliphatic heterocycles. The number of carbonyl (C=O) groups is 3. The maximum atomic E-state index is 11.9. The summed E-state index contributed by atoms with van der Waals surface area (Å²) in [4.78, 5) is 34.3. The molecule has 110 valence electrons. The molecule has 0 bridgehead atoms. The van der Waals surface area contributed by atoms with Gasteiger partial charge in [-0.3, -0.25) is 9.59 Å². The Bertz CT molecular complexity index is 336. The molecule has 0 unspecified atom stereocenters. The number of esters is 3. The topological polar surface area (TPSA) is 99.1 Å². The zero-order chi connectivity index (χ0) is 15.3. The van der Waals surface area contributed by atoms with E-state index in [1.54, 1.807) is 20.8 Å². The summed E-state index contributed by atoms with van der Waals surface area (Å²) in [5, 5.41) is 10.2. The van der Waals surface area contributed by atoms with Crippen molar-refractivity contribution in [1.82, 2.24) is 0 Å². The quantitative estimate of drug-likeness (QED) is 0.565. The highest BCUT2D eigenvalue weighted by Crippen LogP contribution is 2.22. The van der Waals surface area contributed by atoms with Gasteiger partial charge in [0.1, 0.15) is 5.60 Å². The molecule has 0 heterocycles. The lowest BCUT2D eigenvalue weighted by Gasteiger charge is -2.28. The Morgan fingerprint density at radius 1 is 0.947 bits per heavy atom. The van der Waals surface area contributed by atoms with Gasteiger partial charge in [-0.15, -0.1) is 0 Å². The smallest absolute Gasteiger partial charge is 0.339 e. The van der Waals surface area contributed by atoms with Crippen LogP contribution in [0.4, 0.5) is 0 Å². The van der Waals surface area contributed by atoms with E-state index in [4.69, 9.17) is 4.74 Å². The molecule has 0 atom stereocenters. The Labute approximate surface area is 111 Å². The SMILES string of the molecule is COC(=O)CC(O)(CC(=O)OC)C(=O)OC(C)(C)C. The fourth-order valence-electron chi connectivity index (χ4n) is 1.20. The van der Waals surface area contributed by atoms with E-state index in [0.717, 1.165) is 14.2 Å². The summed E-state index contributed by atoms with van der Waals surface area (Å²) in [6, 6.07) is 0. The summed E-state index contributed by atoms with van der Waals surface area (Å²) in [5.41, 5.74) is -3.16. The molecule has 0 aliphatic carbocycles. The van der Waals surface area contributed by atoms with Gasteiger partial charge in [0.05, 0.1) is 27.1 Å². The van der Waals surface area contributed by atoms with Crippen molar-refractivity contribution in [3.8, 4) is 0 Å². The molecule has 1 N–H and O–H groups in total. The van der Waals surface area contributed by atoms with Crippen LogP contribution in [-0.4, -0.2) is 48.4 Å². The molecule has 0 rings (SSSR count). The van der Waals surface area contributed by atoms with Crippen molar-refractivity contribution in [3.05, 3.63) is 0 Å². The third-order valence-electron chi connectivity index (χ3n) is 2.11. The van der Waals surface area contributed by atoms with Gasteiger partial charge in [0.2, 0.25) is 0 Å². The van der Waals surface area contributed by atoms with Crippen LogP contribution in [0, 0.1) is 0 Å². The van der Waals surface area contributed by atoms with E-state index >= 15 is 0 Å². The van der Waals surface area contributed by atoms with E-state index in [-0.39, 0.29) is 0 Å². The minimum absolute atomic E-state index is 0.687. The summed E-state index contributed by atoms with van der Waals surface area (Å²) in [6.45, 7) is 4.80. The molecule has 0 saturated carbocycles. The van der Waals surface area contributed by atoms with Gasteiger partial charge in [-0.2, -0.15) is 0 Å². The van der Waals surface area contributed by atoms with Crippen molar-refractivity contribution in [2.24, 2.45) is 0 Å². The number of rotatable bonds is 5. The second-order valence-electron chi connectivity index (χ2n) is 5.04. The Balaban J connectivity index is 5.08. The second-order valence-corrected chi connectivity index (χ2v) is 5.04. The number of hydrogen-bond donors (Lipinski definition) is 1. The lowest BCUT2D eigenvalue weighted by molar-refractivity contribution is -0.185. The first kappa shape index (κ1) is 17.4. The van der Waals surface area contributed by atoms with Gasteiger partial charge in [0.15, 0.2) is 5.60 Å². The maximum Gasteiger partial charge on any atom is 0.339 e. The van der Waals surface area contributed by atoms with Crippen LogP contribution in [0.25, 0.3) is 0 Å². The van der Waals surface area contributed by atoms with Gasteiger partial charge in [-0.05, 0) is 20.8 Å². The predicted octanol–water partition coefficient (Wildman–Crippen LogP) is 0.185. The zero-order valence-corrected chi connectivity index (χ0v) is 11.8. The third-order valence-corrected chi connectivity index (χ3v) is 2.11. The van der Waals surface area contributed by atoms with Crippen molar-refractivity contribution >= 4 is 17.9 Å². The van der Waals surface area contributed by atoms with Crippen LogP contribution < -0.4 is 0 Å². The van der Waals surface area contributed by atoms with Crippen LogP contribution in [0.1, 0.15) is 33.6 Å². The van der Waals surface area contributed by atoms with Gasteiger partial charge in [0.25, 0.3) is 0 Å². The van der Waals surface area contributed by atoms with Gasteiger partial charge < -0.3 is 19.3 Å². The average molecular weight is 276 g/mol. The predicted molar refractivity (Wildman–Crippen MR) is 64.1 cm³/mol. The third kappa shape index (κ3) is 6.19. The van der Waals surface area contributed by atoms with Crippen molar-refractivity contribution < 1.29 is 33.7 Å². The molecule has 0 radical (unpaired) electrons. The van der Waals surface area contributed by atoms with Gasteiger partial charge in [0, 0.05) is 0 Å². The summed E-state index contributed by atoms with van der Waals surface area (Å²) >= 11 is 0. The van der Waals surface area contributed by atoms with Gasteiger partial charge in [-0.25, -0.2) is 4.79 Å². The lowest BCUT2D eigenvalue weighted by Crippen LogP contribution is -2.47. The van der Waals surface area contributed by atoms with Crippen LogP contribution in [-0.2, 0) is 28.6 Å². The summed E-state index contributed by atoms with van der Waals surface area (Å²) in [6.07, 6.45) is -1.37. The molecular formula is C12H20O7. The zero-order valence-electron chi connectivity index (χ0n) is 11.8. The highest BCUT2D eigenvalue weighted by atomic mass is 16.6. The number of ether oxygens (including phenoxy) is 3. The molecular weight excluding hydrogens is 256 g/mol. The fourth-order valence-corrected chi connectivity index (χ4v) is 1.20. The molecule has 19 heavy (non-hydrogen) atoms. The second kappa shape index (κ2) is 6.51. The molecule has 0 aromatic carbocycles. The first-order valence-corrected chi connectivity index (χ1v) is 5.63. The lowest BCUT2D eigenvalue weighted by atomic mass is 9.95. The van der Waals surface area contributed by atoms with Crippen LogP contribution in [0.2, 0.25) is 0 Å². The Hall–Kier alpha value is -1.63. The van der Waals surface area contributed by atoms with E-state index in [9.17, 15) is 19.5 Å². The average Bonchev–Trinajstić information content (AvgIpc) is 2.26. The van der Waals surface area contributed by atoms with Crippen molar-refractivity contribution in [1.29, 1.82) is 0 Å². The standard InChI is InChI=1S/C12H20O7/c1-11(2,3)19-10(15)12(16,6-8(13)17-4)7-9(14)18-5/h16H,6-7H2,1-5H3. The van der Waals surface area contributed by atoms with E-state index in [1.165, 1.54) is 0 Å². The molecule has 0 aromatic rings. The van der Waals surface area contributed by atoms with Crippen molar-refractivity contribution in [2.45, 2.75) is 44.8 Å². The molecule has 7 heteroatoms. The summed E-state index contributed by atoms with van der Waals surface area (Å²) in [7, 11) is 2.21. The normalized spacial score (nSPS) is 11.7. The Morgan fingerprint density at radius 3 is 1.58 bits per heavy atom. The van der Waals surface area contributed by atoms with E-state index < -0.39 is 42.0 Å². The number of carbonyl (C=O) groups excluding carboxylic acids is 3. The maximum absolute atomic E-state index is 11.9. The van der Waals surface area contributed by atoms with Crippen molar-refractivity contribution in [2.75, 3.05) is 14.2 Å². The van der Waals surface area contributed by atoms with Crippen LogP contribution >= 0.6 is 0 Å². The van der Waals surface area contributed by atoms with Gasteiger partial charge in [-0.1, -0.05) is 0 Å². The molecule has 0 aromatic heterocycles. The highest BCUT2D eigenvalue weighted by Gasteiger charge is 2.44. The number of methoxy groups -OCH3 is 2. The Morgan fingerprint density at radius 2 is 1.32 bits per heavy atom. The molecule has 0 saturated heterocycles. The fraction of sp³-hybridized carbons (Fsp3) is 0.750. The number of hydrogen-bond acceptors (Lipinski definition) is 7. The molecule has 0 aliphatic rings. The minimum atomic E-state index is -2.30. The first-order valence-electron chi connectivity index (χ1n) is 5.63. The monoisotopic (exact) mass is 276 g/mol. The summed E-state index contributed by atoms with van der Waals surface area (Å²) < 4.78 is 13.8. The van der Waals surface area contributed by atoms with Crippen molar-refractivity contribution in [3.63, 3.8) is 0 Å². The number of aliphatic hydroxyl groups is 1. The van der Waals surface area contributed by atoms with E-state index in [1.807, 2.05) is 0 Å². The van der Waals surface area contributed by atoms with Crippen LogP contribution in [0.5, 0.6) is 0 Å². The molecule has 0 spiro atoms. The van der Waals surface area contributed by atoms with Crippen LogP contribution in [0.15, 0.2) is 0 Å². The van der Waals surface area contributed by atoms with E-state index in [2.05, 4.69) is 9.47 Å². The largest absolute Gasteiger partial charge is 0.469 e. The highest BCUT2D eigenvalue weighted by molar-refractivity contribution is 5.90. The molecule has 0 fully saturated rings. The van der Waals surface area contributed by atoms with E-state index in [0.29, 0.717) is 0 Å². The summed E-state index contributed by atoms with van der Waals surface area (Å²) in [5.74, 6) is -2.75. The Kier molecular flexibility index (Phi) is 5.95. The minimum Gasteiger partial charge on any atom is -0.469 e. The first-order chi connectivity index (χ1) is 8.54. The van der Waals surface area contributed by atoms with Crippen LogP contribution in [0.3, 0.4) is 0 Å². The van der Waals surface area contributed by atoms with Gasteiger partial charge >= 0.3 is 17.9 Å². The molecule has 0 amide bonds.